The molecule has 0 bridgehead atoms. The van der Waals surface area contributed by atoms with Crippen LogP contribution in [0.5, 0.6) is 5.75 Å². The van der Waals surface area contributed by atoms with Crippen molar-refractivity contribution in [1.82, 2.24) is 25.9 Å². The summed E-state index contributed by atoms with van der Waals surface area (Å²) in [6.07, 6.45) is 8.05. The number of rotatable bonds is 8. The molecule has 2 N–H and O–H groups in total. The minimum atomic E-state index is -0.237. The molecule has 1 saturated carbocycles. The lowest BCUT2D eigenvalue weighted by Crippen LogP contribution is -2.28. The summed E-state index contributed by atoms with van der Waals surface area (Å²) in [5.41, 5.74) is 1.16. The molecule has 1 fully saturated rings. The number of aromatic amines is 1. The number of aromatic nitrogens is 4. The molecule has 1 aliphatic rings. The van der Waals surface area contributed by atoms with E-state index >= 15 is 0 Å². The summed E-state index contributed by atoms with van der Waals surface area (Å²) in [7, 11) is 0. The predicted octanol–water partition coefficient (Wildman–Crippen LogP) is 3.79. The van der Waals surface area contributed by atoms with Crippen molar-refractivity contribution in [2.75, 3.05) is 0 Å². The molecule has 1 aromatic carbocycles. The summed E-state index contributed by atoms with van der Waals surface area (Å²) < 4.78 is 6.05. The quantitative estimate of drug-likeness (QED) is 0.763. The van der Waals surface area contributed by atoms with Crippen molar-refractivity contribution in [3.8, 4) is 5.75 Å². The summed E-state index contributed by atoms with van der Waals surface area (Å²) in [5.74, 6) is 2.33. The Hall–Kier alpha value is -1.95. The Labute approximate surface area is 149 Å². The van der Waals surface area contributed by atoms with Gasteiger partial charge in [0.15, 0.2) is 6.10 Å². The summed E-state index contributed by atoms with van der Waals surface area (Å²) in [5, 5.41) is 17.7. The SMILES string of the molecule is CC(CC1CCCCC1)NCc1ccccc1OC(C)c1nn[nH]n1. The zero-order valence-corrected chi connectivity index (χ0v) is 15.2. The highest BCUT2D eigenvalue weighted by Crippen LogP contribution is 2.28. The molecule has 1 aliphatic carbocycles. The Morgan fingerprint density at radius 2 is 2.00 bits per heavy atom. The molecular weight excluding hydrogens is 314 g/mol. The average Bonchev–Trinajstić information content (AvgIpc) is 3.17. The topological polar surface area (TPSA) is 75.7 Å². The number of para-hydroxylation sites is 1. The first-order chi connectivity index (χ1) is 12.2. The number of hydrogen-bond donors (Lipinski definition) is 2. The van der Waals surface area contributed by atoms with Gasteiger partial charge in [0.05, 0.1) is 0 Å². The fourth-order valence-electron chi connectivity index (χ4n) is 3.64. The molecule has 6 heteroatoms. The van der Waals surface area contributed by atoms with E-state index < -0.39 is 0 Å². The molecular formula is C19H29N5O. The maximum Gasteiger partial charge on any atom is 0.214 e. The van der Waals surface area contributed by atoms with Crippen LogP contribution in [0.4, 0.5) is 0 Å². The van der Waals surface area contributed by atoms with E-state index in [1.807, 2.05) is 19.1 Å². The van der Waals surface area contributed by atoms with Crippen LogP contribution in [0.1, 0.15) is 69.9 Å². The normalized spacial score (nSPS) is 18.0. The van der Waals surface area contributed by atoms with Crippen molar-refractivity contribution in [1.29, 1.82) is 0 Å². The standard InChI is InChI=1S/C19H29N5O/c1-14(12-16-8-4-3-5-9-16)20-13-17-10-6-7-11-18(17)25-15(2)19-21-23-24-22-19/h6-7,10-11,14-16,20H,3-5,8-9,12-13H2,1-2H3,(H,21,22,23,24). The smallest absolute Gasteiger partial charge is 0.214 e. The van der Waals surface area contributed by atoms with Crippen LogP contribution in [0.2, 0.25) is 0 Å². The maximum atomic E-state index is 6.05. The van der Waals surface area contributed by atoms with Crippen molar-refractivity contribution in [3.63, 3.8) is 0 Å². The van der Waals surface area contributed by atoms with Gasteiger partial charge in [-0.25, -0.2) is 0 Å². The van der Waals surface area contributed by atoms with Gasteiger partial charge in [0.2, 0.25) is 5.82 Å². The van der Waals surface area contributed by atoms with Crippen LogP contribution in [-0.2, 0) is 6.54 Å². The van der Waals surface area contributed by atoms with Gasteiger partial charge in [-0.1, -0.05) is 55.5 Å². The molecule has 1 aromatic heterocycles. The maximum absolute atomic E-state index is 6.05. The lowest BCUT2D eigenvalue weighted by molar-refractivity contribution is 0.213. The van der Waals surface area contributed by atoms with Gasteiger partial charge in [0.1, 0.15) is 5.75 Å². The van der Waals surface area contributed by atoms with E-state index in [9.17, 15) is 0 Å². The Kier molecular flexibility index (Phi) is 6.39. The Morgan fingerprint density at radius 3 is 2.76 bits per heavy atom. The van der Waals surface area contributed by atoms with Crippen molar-refractivity contribution < 1.29 is 4.74 Å². The van der Waals surface area contributed by atoms with E-state index in [4.69, 9.17) is 4.74 Å². The highest BCUT2D eigenvalue weighted by Gasteiger charge is 2.17. The highest BCUT2D eigenvalue weighted by molar-refractivity contribution is 5.33. The summed E-state index contributed by atoms with van der Waals surface area (Å²) in [6, 6.07) is 8.67. The lowest BCUT2D eigenvalue weighted by Gasteiger charge is -2.25. The monoisotopic (exact) mass is 343 g/mol. The van der Waals surface area contributed by atoms with E-state index in [0.29, 0.717) is 11.9 Å². The second kappa shape index (κ2) is 8.94. The van der Waals surface area contributed by atoms with E-state index in [2.05, 4.69) is 45.0 Å². The second-order valence-corrected chi connectivity index (χ2v) is 7.16. The molecule has 0 spiro atoms. The van der Waals surface area contributed by atoms with Gasteiger partial charge < -0.3 is 10.1 Å². The van der Waals surface area contributed by atoms with E-state index in [1.165, 1.54) is 38.5 Å². The molecule has 2 unspecified atom stereocenters. The first-order valence-corrected chi connectivity index (χ1v) is 9.43. The highest BCUT2D eigenvalue weighted by atomic mass is 16.5. The van der Waals surface area contributed by atoms with Crippen molar-refractivity contribution >= 4 is 0 Å². The van der Waals surface area contributed by atoms with Gasteiger partial charge in [-0.2, -0.15) is 5.21 Å². The van der Waals surface area contributed by atoms with Gasteiger partial charge in [0, 0.05) is 18.2 Å². The first-order valence-electron chi connectivity index (χ1n) is 9.43. The zero-order chi connectivity index (χ0) is 17.5. The van der Waals surface area contributed by atoms with Gasteiger partial charge >= 0.3 is 0 Å². The Bertz CT molecular complexity index is 625. The van der Waals surface area contributed by atoms with Gasteiger partial charge in [-0.15, -0.1) is 10.2 Å². The molecule has 0 saturated heterocycles. The number of H-pyrrole nitrogens is 1. The molecule has 1 heterocycles. The van der Waals surface area contributed by atoms with Crippen LogP contribution in [0.25, 0.3) is 0 Å². The number of nitrogens with one attached hydrogen (secondary N) is 2. The molecule has 0 amide bonds. The number of hydrogen-bond acceptors (Lipinski definition) is 5. The lowest BCUT2D eigenvalue weighted by atomic mass is 9.85. The predicted molar refractivity (Wildman–Crippen MR) is 97.2 cm³/mol. The fraction of sp³-hybridized carbons (Fsp3) is 0.632. The summed E-state index contributed by atoms with van der Waals surface area (Å²) >= 11 is 0. The van der Waals surface area contributed by atoms with E-state index in [-0.39, 0.29) is 6.10 Å². The Balaban J connectivity index is 1.53. The van der Waals surface area contributed by atoms with Crippen molar-refractivity contribution in [3.05, 3.63) is 35.7 Å². The van der Waals surface area contributed by atoms with Gasteiger partial charge in [-0.05, 0) is 32.3 Å². The largest absolute Gasteiger partial charge is 0.482 e. The zero-order valence-electron chi connectivity index (χ0n) is 15.2. The first kappa shape index (κ1) is 17.9. The van der Waals surface area contributed by atoms with Crippen molar-refractivity contribution in [2.45, 2.75) is 71.1 Å². The third kappa shape index (κ3) is 5.26. The number of benzene rings is 1. The fourth-order valence-corrected chi connectivity index (χ4v) is 3.64. The van der Waals surface area contributed by atoms with Crippen LogP contribution in [-0.4, -0.2) is 26.7 Å². The van der Waals surface area contributed by atoms with E-state index in [0.717, 1.165) is 23.8 Å². The van der Waals surface area contributed by atoms with Gasteiger partial charge in [-0.3, -0.25) is 0 Å². The van der Waals surface area contributed by atoms with Crippen molar-refractivity contribution in [2.24, 2.45) is 5.92 Å². The Morgan fingerprint density at radius 1 is 1.20 bits per heavy atom. The number of tetrazole rings is 1. The third-order valence-corrected chi connectivity index (χ3v) is 5.05. The third-order valence-electron chi connectivity index (χ3n) is 5.05. The summed E-state index contributed by atoms with van der Waals surface area (Å²) in [6.45, 7) is 5.03. The summed E-state index contributed by atoms with van der Waals surface area (Å²) in [4.78, 5) is 0. The minimum absolute atomic E-state index is 0.237. The molecule has 0 aliphatic heterocycles. The molecule has 2 atom stereocenters. The van der Waals surface area contributed by atoms with Crippen LogP contribution in [0, 0.1) is 5.92 Å². The van der Waals surface area contributed by atoms with E-state index in [1.54, 1.807) is 0 Å². The molecule has 25 heavy (non-hydrogen) atoms. The van der Waals surface area contributed by atoms with Crippen LogP contribution in [0.15, 0.2) is 24.3 Å². The van der Waals surface area contributed by atoms with Gasteiger partial charge in [0.25, 0.3) is 0 Å². The van der Waals surface area contributed by atoms with Crippen LogP contribution in [0.3, 0.4) is 0 Å². The molecule has 6 nitrogen and oxygen atoms in total. The minimum Gasteiger partial charge on any atom is -0.482 e. The molecule has 2 aromatic rings. The molecule has 0 radical (unpaired) electrons. The second-order valence-electron chi connectivity index (χ2n) is 7.16. The number of ether oxygens (including phenoxy) is 1. The van der Waals surface area contributed by atoms with Crippen LogP contribution >= 0.6 is 0 Å². The van der Waals surface area contributed by atoms with Crippen LogP contribution < -0.4 is 10.1 Å². The molecule has 136 valence electrons. The molecule has 3 rings (SSSR count). The average molecular weight is 343 g/mol. The number of nitrogens with zero attached hydrogens (tertiary/aromatic N) is 3.